The molecule has 1 fully saturated rings. The number of rotatable bonds is 5. The number of aromatic nitrogens is 1. The SMILES string of the molecule is CC(CC=O)(C(=O)C1CCCCC1)c1ccccn1. The molecule has 0 spiro atoms. The summed E-state index contributed by atoms with van der Waals surface area (Å²) in [5.41, 5.74) is -0.0388. The van der Waals surface area contributed by atoms with Gasteiger partial charge in [0.05, 0.1) is 11.1 Å². The second-order valence-electron chi connectivity index (χ2n) is 5.62. The van der Waals surface area contributed by atoms with Crippen molar-refractivity contribution < 1.29 is 9.59 Å². The van der Waals surface area contributed by atoms with Crippen LogP contribution in [0.5, 0.6) is 0 Å². The lowest BCUT2D eigenvalue weighted by Gasteiger charge is -2.31. The van der Waals surface area contributed by atoms with E-state index in [-0.39, 0.29) is 18.1 Å². The molecule has 1 atom stereocenters. The van der Waals surface area contributed by atoms with Gasteiger partial charge in [-0.15, -0.1) is 0 Å². The van der Waals surface area contributed by atoms with Crippen LogP contribution in [0.2, 0.25) is 0 Å². The fraction of sp³-hybridized carbons (Fsp3) is 0.562. The highest BCUT2D eigenvalue weighted by Crippen LogP contribution is 2.35. The Kier molecular flexibility index (Phi) is 4.46. The predicted molar refractivity (Wildman–Crippen MR) is 73.9 cm³/mol. The molecule has 1 aliphatic rings. The molecule has 1 aromatic heterocycles. The minimum atomic E-state index is -0.759. The molecule has 0 radical (unpaired) electrons. The van der Waals surface area contributed by atoms with Gasteiger partial charge in [-0.05, 0) is 31.9 Å². The highest BCUT2D eigenvalue weighted by molar-refractivity contribution is 5.93. The van der Waals surface area contributed by atoms with Crippen LogP contribution in [0.3, 0.4) is 0 Å². The van der Waals surface area contributed by atoms with E-state index in [4.69, 9.17) is 0 Å². The van der Waals surface area contributed by atoms with Gasteiger partial charge < -0.3 is 4.79 Å². The summed E-state index contributed by atoms with van der Waals surface area (Å²) in [6.45, 7) is 1.86. The Labute approximate surface area is 114 Å². The second-order valence-corrected chi connectivity index (χ2v) is 5.62. The Bertz CT molecular complexity index is 437. The summed E-state index contributed by atoms with van der Waals surface area (Å²) in [4.78, 5) is 28.1. The molecule has 1 saturated carbocycles. The summed E-state index contributed by atoms with van der Waals surface area (Å²) >= 11 is 0. The van der Waals surface area contributed by atoms with E-state index in [0.29, 0.717) is 0 Å². The minimum absolute atomic E-state index is 0.0979. The first-order valence-electron chi connectivity index (χ1n) is 7.08. The molecule has 1 heterocycles. The maximum atomic E-state index is 12.8. The fourth-order valence-corrected chi connectivity index (χ4v) is 3.00. The zero-order valence-electron chi connectivity index (χ0n) is 11.5. The van der Waals surface area contributed by atoms with E-state index in [0.717, 1.165) is 37.7 Å². The number of aldehydes is 1. The van der Waals surface area contributed by atoms with Gasteiger partial charge in [-0.3, -0.25) is 9.78 Å². The van der Waals surface area contributed by atoms with Crippen LogP contribution in [0.15, 0.2) is 24.4 Å². The van der Waals surface area contributed by atoms with Crippen molar-refractivity contribution in [3.63, 3.8) is 0 Å². The first-order valence-corrected chi connectivity index (χ1v) is 7.08. The van der Waals surface area contributed by atoms with Crippen molar-refractivity contribution in [2.45, 2.75) is 50.9 Å². The van der Waals surface area contributed by atoms with Gasteiger partial charge in [0.1, 0.15) is 12.1 Å². The summed E-state index contributed by atoms with van der Waals surface area (Å²) < 4.78 is 0. The van der Waals surface area contributed by atoms with Crippen LogP contribution in [0.4, 0.5) is 0 Å². The van der Waals surface area contributed by atoms with Crippen LogP contribution in [0, 0.1) is 5.92 Å². The summed E-state index contributed by atoms with van der Waals surface area (Å²) in [7, 11) is 0. The van der Waals surface area contributed by atoms with Gasteiger partial charge in [-0.1, -0.05) is 25.3 Å². The molecular weight excluding hydrogens is 238 g/mol. The van der Waals surface area contributed by atoms with Crippen molar-refractivity contribution >= 4 is 12.1 Å². The third-order valence-corrected chi connectivity index (χ3v) is 4.24. The lowest BCUT2D eigenvalue weighted by atomic mass is 9.71. The Morgan fingerprint density at radius 3 is 2.68 bits per heavy atom. The molecule has 0 saturated heterocycles. The number of Topliss-reactive ketones (excluding diaryl/α,β-unsaturated/α-hetero) is 1. The van der Waals surface area contributed by atoms with Crippen molar-refractivity contribution in [2.75, 3.05) is 0 Å². The predicted octanol–water partition coefficient (Wildman–Crippen LogP) is 3.08. The molecule has 19 heavy (non-hydrogen) atoms. The number of hydrogen-bond donors (Lipinski definition) is 0. The van der Waals surface area contributed by atoms with Crippen molar-refractivity contribution in [3.8, 4) is 0 Å². The number of ketones is 1. The minimum Gasteiger partial charge on any atom is -0.303 e. The van der Waals surface area contributed by atoms with Gasteiger partial charge >= 0.3 is 0 Å². The third-order valence-electron chi connectivity index (χ3n) is 4.24. The molecule has 0 amide bonds. The summed E-state index contributed by atoms with van der Waals surface area (Å²) in [5.74, 6) is 0.290. The average molecular weight is 259 g/mol. The molecule has 1 aliphatic carbocycles. The van der Waals surface area contributed by atoms with Gasteiger partial charge in [0, 0.05) is 18.5 Å². The van der Waals surface area contributed by atoms with Crippen LogP contribution >= 0.6 is 0 Å². The summed E-state index contributed by atoms with van der Waals surface area (Å²) in [6.07, 6.45) is 8.13. The van der Waals surface area contributed by atoms with Crippen molar-refractivity contribution in [3.05, 3.63) is 30.1 Å². The van der Waals surface area contributed by atoms with Crippen molar-refractivity contribution in [1.29, 1.82) is 0 Å². The fourth-order valence-electron chi connectivity index (χ4n) is 3.00. The van der Waals surface area contributed by atoms with Crippen LogP contribution in [0.25, 0.3) is 0 Å². The molecule has 0 aromatic carbocycles. The number of nitrogens with zero attached hydrogens (tertiary/aromatic N) is 1. The lowest BCUT2D eigenvalue weighted by Crippen LogP contribution is -2.39. The first-order chi connectivity index (χ1) is 9.18. The lowest BCUT2D eigenvalue weighted by molar-refractivity contribution is -0.131. The highest BCUT2D eigenvalue weighted by atomic mass is 16.1. The van der Waals surface area contributed by atoms with Crippen LogP contribution in [0.1, 0.15) is 51.1 Å². The van der Waals surface area contributed by atoms with Gasteiger partial charge in [0.25, 0.3) is 0 Å². The van der Waals surface area contributed by atoms with E-state index in [1.807, 2.05) is 25.1 Å². The highest BCUT2D eigenvalue weighted by Gasteiger charge is 2.40. The van der Waals surface area contributed by atoms with E-state index in [9.17, 15) is 9.59 Å². The standard InChI is InChI=1S/C16H21NO2/c1-16(10-12-18,14-9-5-6-11-17-14)15(19)13-7-3-2-4-8-13/h5-6,9,11-13H,2-4,7-8,10H2,1H3. The van der Waals surface area contributed by atoms with Crippen LogP contribution < -0.4 is 0 Å². The molecule has 1 aromatic rings. The van der Waals surface area contributed by atoms with Gasteiger partial charge in [-0.2, -0.15) is 0 Å². The molecule has 3 heteroatoms. The third kappa shape index (κ3) is 2.91. The first kappa shape index (κ1) is 13.9. The summed E-state index contributed by atoms with van der Waals surface area (Å²) in [5, 5.41) is 0. The largest absolute Gasteiger partial charge is 0.303 e. The maximum Gasteiger partial charge on any atom is 0.148 e. The van der Waals surface area contributed by atoms with E-state index >= 15 is 0 Å². The molecule has 1 unspecified atom stereocenters. The van der Waals surface area contributed by atoms with E-state index in [2.05, 4.69) is 4.98 Å². The second kappa shape index (κ2) is 6.09. The van der Waals surface area contributed by atoms with E-state index in [1.165, 1.54) is 6.42 Å². The monoisotopic (exact) mass is 259 g/mol. The van der Waals surface area contributed by atoms with Gasteiger partial charge in [-0.25, -0.2) is 0 Å². The van der Waals surface area contributed by atoms with Crippen LogP contribution in [-0.2, 0) is 15.0 Å². The van der Waals surface area contributed by atoms with Gasteiger partial charge in [0.15, 0.2) is 0 Å². The van der Waals surface area contributed by atoms with E-state index < -0.39 is 5.41 Å². The maximum absolute atomic E-state index is 12.8. The topological polar surface area (TPSA) is 47.0 Å². The van der Waals surface area contributed by atoms with E-state index in [1.54, 1.807) is 6.20 Å². The Morgan fingerprint density at radius 1 is 1.37 bits per heavy atom. The molecule has 0 bridgehead atoms. The van der Waals surface area contributed by atoms with Crippen molar-refractivity contribution in [2.24, 2.45) is 5.92 Å². The Morgan fingerprint density at radius 2 is 2.11 bits per heavy atom. The zero-order chi connectivity index (χ0) is 13.7. The number of pyridine rings is 1. The number of hydrogen-bond acceptors (Lipinski definition) is 3. The molecule has 0 N–H and O–H groups in total. The van der Waals surface area contributed by atoms with Crippen LogP contribution in [-0.4, -0.2) is 17.1 Å². The molecule has 2 rings (SSSR count). The van der Waals surface area contributed by atoms with Gasteiger partial charge in [0.2, 0.25) is 0 Å². The quantitative estimate of drug-likeness (QED) is 0.763. The number of carbonyl (C=O) groups is 2. The smallest absolute Gasteiger partial charge is 0.148 e. The normalized spacial score (nSPS) is 19.6. The molecule has 102 valence electrons. The zero-order valence-corrected chi connectivity index (χ0v) is 11.5. The molecule has 3 nitrogen and oxygen atoms in total. The Balaban J connectivity index is 2.27. The molecular formula is C16H21NO2. The summed E-state index contributed by atoms with van der Waals surface area (Å²) in [6, 6.07) is 5.56. The van der Waals surface area contributed by atoms with Crippen molar-refractivity contribution in [1.82, 2.24) is 4.98 Å². The average Bonchev–Trinajstić information content (AvgIpc) is 2.48. The number of carbonyl (C=O) groups excluding carboxylic acids is 2. The Hall–Kier alpha value is -1.51. The molecule has 0 aliphatic heterocycles.